The van der Waals surface area contributed by atoms with Crippen LogP contribution in [0.1, 0.15) is 29.7 Å². The van der Waals surface area contributed by atoms with Crippen molar-refractivity contribution in [2.24, 2.45) is 5.73 Å². The van der Waals surface area contributed by atoms with Crippen molar-refractivity contribution in [2.75, 3.05) is 11.9 Å². The molecule has 0 bridgehead atoms. The summed E-state index contributed by atoms with van der Waals surface area (Å²) >= 11 is 0. The Labute approximate surface area is 120 Å². The molecule has 106 valence electrons. The summed E-state index contributed by atoms with van der Waals surface area (Å²) in [6.45, 7) is 5.93. The summed E-state index contributed by atoms with van der Waals surface area (Å²) in [6, 6.07) is 11.2. The number of benzene rings is 2. The summed E-state index contributed by atoms with van der Waals surface area (Å²) in [5.74, 6) is -0.249. The maximum absolute atomic E-state index is 14.3. The van der Waals surface area contributed by atoms with E-state index < -0.39 is 0 Å². The van der Waals surface area contributed by atoms with Crippen LogP contribution in [-0.4, -0.2) is 7.05 Å². The third-order valence-electron chi connectivity index (χ3n) is 3.45. The molecule has 0 heterocycles. The maximum atomic E-state index is 14.3. The van der Waals surface area contributed by atoms with E-state index in [1.54, 1.807) is 6.07 Å². The van der Waals surface area contributed by atoms with Crippen LogP contribution in [0.4, 0.5) is 15.8 Å². The van der Waals surface area contributed by atoms with Crippen LogP contribution in [0.25, 0.3) is 0 Å². The Bertz CT molecular complexity index is 600. The molecule has 0 unspecified atom stereocenters. The SMILES string of the molecule is Cc1cc(C)cc(N(C)c2ccc([C@H](C)N)cc2F)c1. The first-order chi connectivity index (χ1) is 9.38. The summed E-state index contributed by atoms with van der Waals surface area (Å²) < 4.78 is 14.3. The summed E-state index contributed by atoms with van der Waals surface area (Å²) in [5.41, 5.74) is 10.5. The van der Waals surface area contributed by atoms with Crippen LogP contribution in [0.15, 0.2) is 36.4 Å². The maximum Gasteiger partial charge on any atom is 0.147 e. The molecule has 2 aromatic carbocycles. The molecule has 1 atom stereocenters. The minimum Gasteiger partial charge on any atom is -0.342 e. The standard InChI is InChI=1S/C17H21FN2/c1-11-7-12(2)9-15(8-11)20(4)17-6-5-14(13(3)19)10-16(17)18/h5-10,13H,19H2,1-4H3/t13-/m0/s1. The predicted molar refractivity (Wildman–Crippen MR) is 83.0 cm³/mol. The fourth-order valence-corrected chi connectivity index (χ4v) is 2.36. The highest BCUT2D eigenvalue weighted by atomic mass is 19.1. The minimum absolute atomic E-state index is 0.162. The molecule has 2 N–H and O–H groups in total. The van der Waals surface area contributed by atoms with E-state index in [4.69, 9.17) is 5.73 Å². The molecular formula is C17H21FN2. The highest BCUT2D eigenvalue weighted by molar-refractivity contribution is 5.64. The van der Waals surface area contributed by atoms with Crippen molar-refractivity contribution in [1.29, 1.82) is 0 Å². The number of rotatable bonds is 3. The third-order valence-corrected chi connectivity index (χ3v) is 3.45. The van der Waals surface area contributed by atoms with Crippen molar-refractivity contribution in [1.82, 2.24) is 0 Å². The van der Waals surface area contributed by atoms with Gasteiger partial charge in [-0.15, -0.1) is 0 Å². The van der Waals surface area contributed by atoms with Crippen molar-refractivity contribution in [3.63, 3.8) is 0 Å². The number of halogens is 1. The van der Waals surface area contributed by atoms with Crippen molar-refractivity contribution in [3.05, 3.63) is 58.9 Å². The van der Waals surface area contributed by atoms with E-state index in [-0.39, 0.29) is 11.9 Å². The Hall–Kier alpha value is -1.87. The van der Waals surface area contributed by atoms with Gasteiger partial charge in [0.05, 0.1) is 5.69 Å². The van der Waals surface area contributed by atoms with Crippen molar-refractivity contribution in [3.8, 4) is 0 Å². The van der Waals surface area contributed by atoms with Gasteiger partial charge in [0.15, 0.2) is 0 Å². The lowest BCUT2D eigenvalue weighted by atomic mass is 10.1. The zero-order valence-electron chi connectivity index (χ0n) is 12.4. The lowest BCUT2D eigenvalue weighted by Crippen LogP contribution is -2.13. The van der Waals surface area contributed by atoms with Gasteiger partial charge in [-0.25, -0.2) is 4.39 Å². The van der Waals surface area contributed by atoms with Gasteiger partial charge in [0, 0.05) is 18.8 Å². The number of nitrogens with two attached hydrogens (primary N) is 1. The smallest absolute Gasteiger partial charge is 0.147 e. The largest absolute Gasteiger partial charge is 0.342 e. The number of aryl methyl sites for hydroxylation is 2. The molecular weight excluding hydrogens is 251 g/mol. The Morgan fingerprint density at radius 3 is 2.15 bits per heavy atom. The molecule has 0 spiro atoms. The monoisotopic (exact) mass is 272 g/mol. The van der Waals surface area contributed by atoms with Crippen molar-refractivity contribution >= 4 is 11.4 Å². The van der Waals surface area contributed by atoms with Crippen LogP contribution in [0.5, 0.6) is 0 Å². The van der Waals surface area contributed by atoms with E-state index in [9.17, 15) is 4.39 Å². The molecule has 2 nitrogen and oxygen atoms in total. The van der Waals surface area contributed by atoms with E-state index in [2.05, 4.69) is 6.07 Å². The van der Waals surface area contributed by atoms with Gasteiger partial charge < -0.3 is 10.6 Å². The average Bonchev–Trinajstić information content (AvgIpc) is 2.36. The quantitative estimate of drug-likeness (QED) is 0.906. The van der Waals surface area contributed by atoms with Gasteiger partial charge in [0.1, 0.15) is 5.82 Å². The first-order valence-electron chi connectivity index (χ1n) is 6.75. The van der Waals surface area contributed by atoms with E-state index in [1.165, 1.54) is 17.2 Å². The number of anilines is 2. The molecule has 0 aromatic heterocycles. The Kier molecular flexibility index (Phi) is 4.09. The Morgan fingerprint density at radius 2 is 1.65 bits per heavy atom. The first kappa shape index (κ1) is 14.5. The molecule has 0 fully saturated rings. The number of hydrogen-bond donors (Lipinski definition) is 1. The lowest BCUT2D eigenvalue weighted by Gasteiger charge is -2.22. The van der Waals surface area contributed by atoms with Gasteiger partial charge in [-0.3, -0.25) is 0 Å². The minimum atomic E-state index is -0.249. The fraction of sp³-hybridized carbons (Fsp3) is 0.294. The summed E-state index contributed by atoms with van der Waals surface area (Å²) in [5, 5.41) is 0. The van der Waals surface area contributed by atoms with Crippen LogP contribution in [0.2, 0.25) is 0 Å². The molecule has 0 saturated heterocycles. The van der Waals surface area contributed by atoms with E-state index >= 15 is 0 Å². The second-order valence-electron chi connectivity index (χ2n) is 5.40. The van der Waals surface area contributed by atoms with Crippen molar-refractivity contribution in [2.45, 2.75) is 26.8 Å². The Morgan fingerprint density at radius 1 is 1.05 bits per heavy atom. The highest BCUT2D eigenvalue weighted by Crippen LogP contribution is 2.29. The normalized spacial score (nSPS) is 12.3. The van der Waals surface area contributed by atoms with Crippen LogP contribution < -0.4 is 10.6 Å². The summed E-state index contributed by atoms with van der Waals surface area (Å²) in [7, 11) is 1.87. The van der Waals surface area contributed by atoms with Gasteiger partial charge in [-0.2, -0.15) is 0 Å². The van der Waals surface area contributed by atoms with Crippen LogP contribution >= 0.6 is 0 Å². The average molecular weight is 272 g/mol. The molecule has 0 aliphatic rings. The van der Waals surface area contributed by atoms with Gasteiger partial charge in [0.2, 0.25) is 0 Å². The van der Waals surface area contributed by atoms with Gasteiger partial charge in [-0.05, 0) is 61.7 Å². The number of nitrogens with zero attached hydrogens (tertiary/aromatic N) is 1. The van der Waals surface area contributed by atoms with Crippen LogP contribution in [0, 0.1) is 19.7 Å². The van der Waals surface area contributed by atoms with Gasteiger partial charge in [-0.1, -0.05) is 12.1 Å². The van der Waals surface area contributed by atoms with Crippen molar-refractivity contribution < 1.29 is 4.39 Å². The highest BCUT2D eigenvalue weighted by Gasteiger charge is 2.12. The second-order valence-corrected chi connectivity index (χ2v) is 5.40. The third kappa shape index (κ3) is 2.99. The zero-order chi connectivity index (χ0) is 14.9. The second kappa shape index (κ2) is 5.63. The molecule has 3 heteroatoms. The molecule has 20 heavy (non-hydrogen) atoms. The molecule has 2 rings (SSSR count). The predicted octanol–water partition coefficient (Wildman–Crippen LogP) is 4.23. The Balaban J connectivity index is 2.40. The van der Waals surface area contributed by atoms with Gasteiger partial charge >= 0.3 is 0 Å². The number of hydrogen-bond acceptors (Lipinski definition) is 2. The topological polar surface area (TPSA) is 29.3 Å². The van der Waals surface area contributed by atoms with Crippen LogP contribution in [0.3, 0.4) is 0 Å². The first-order valence-corrected chi connectivity index (χ1v) is 6.75. The molecule has 0 saturated carbocycles. The zero-order valence-corrected chi connectivity index (χ0v) is 12.4. The summed E-state index contributed by atoms with van der Waals surface area (Å²) in [4.78, 5) is 1.86. The molecule has 0 radical (unpaired) electrons. The fourth-order valence-electron chi connectivity index (χ4n) is 2.36. The van der Waals surface area contributed by atoms with E-state index in [1.807, 2.05) is 50.9 Å². The molecule has 0 amide bonds. The van der Waals surface area contributed by atoms with Crippen LogP contribution in [-0.2, 0) is 0 Å². The lowest BCUT2D eigenvalue weighted by molar-refractivity contribution is 0.622. The molecule has 0 aliphatic carbocycles. The molecule has 2 aromatic rings. The summed E-state index contributed by atoms with van der Waals surface area (Å²) in [6.07, 6.45) is 0. The molecule has 0 aliphatic heterocycles. The van der Waals surface area contributed by atoms with Gasteiger partial charge in [0.25, 0.3) is 0 Å². The van der Waals surface area contributed by atoms with E-state index in [0.717, 1.165) is 11.3 Å². The van der Waals surface area contributed by atoms with E-state index in [0.29, 0.717) is 5.69 Å².